The van der Waals surface area contributed by atoms with E-state index in [1.165, 1.54) is 29.2 Å². The molecule has 1 fully saturated rings. The summed E-state index contributed by atoms with van der Waals surface area (Å²) in [5.41, 5.74) is 0.100. The predicted molar refractivity (Wildman–Crippen MR) is 80.7 cm³/mol. The van der Waals surface area contributed by atoms with Gasteiger partial charge in [0.15, 0.2) is 0 Å². The third kappa shape index (κ3) is 6.11. The maximum Gasteiger partial charge on any atom is 0.573 e. The lowest BCUT2D eigenvalue weighted by molar-refractivity contribution is -0.274. The summed E-state index contributed by atoms with van der Waals surface area (Å²) < 4.78 is 46.3. The van der Waals surface area contributed by atoms with Crippen molar-refractivity contribution in [3.8, 4) is 5.75 Å². The van der Waals surface area contributed by atoms with Crippen LogP contribution in [0.15, 0.2) is 30.3 Å². The van der Waals surface area contributed by atoms with Gasteiger partial charge < -0.3 is 19.5 Å². The van der Waals surface area contributed by atoms with Crippen molar-refractivity contribution in [1.29, 1.82) is 0 Å². The minimum absolute atomic E-state index is 0.100. The highest BCUT2D eigenvalue weighted by molar-refractivity contribution is 5.92. The molecule has 0 radical (unpaired) electrons. The van der Waals surface area contributed by atoms with Gasteiger partial charge >= 0.3 is 12.3 Å². The predicted octanol–water partition coefficient (Wildman–Crippen LogP) is 2.30. The summed E-state index contributed by atoms with van der Waals surface area (Å²) in [6, 6.07) is 5.44. The third-order valence-electron chi connectivity index (χ3n) is 3.40. The van der Waals surface area contributed by atoms with Gasteiger partial charge in [0, 0.05) is 24.7 Å². The average molecular weight is 359 g/mol. The third-order valence-corrected chi connectivity index (χ3v) is 3.40. The molecule has 25 heavy (non-hydrogen) atoms. The monoisotopic (exact) mass is 359 g/mol. The zero-order valence-corrected chi connectivity index (χ0v) is 13.0. The summed E-state index contributed by atoms with van der Waals surface area (Å²) in [6.45, 7) is 0.585. The van der Waals surface area contributed by atoms with Crippen LogP contribution in [0.3, 0.4) is 0 Å². The molecule has 1 aliphatic rings. The molecule has 6 nitrogen and oxygen atoms in total. The smallest absolute Gasteiger partial charge is 0.481 e. The second-order valence-corrected chi connectivity index (χ2v) is 5.29. The molecule has 1 saturated heterocycles. The molecule has 0 aromatic heterocycles. The van der Waals surface area contributed by atoms with Crippen molar-refractivity contribution >= 4 is 18.0 Å². The SMILES string of the molecule is O=C(O)CC1CN(C(=O)C=Cc2ccccc2OC(F)(F)F)CCO1. The standard InChI is InChI=1S/C16H16F3NO5/c17-16(18,19)25-13-4-2-1-3-11(13)5-6-14(21)20-7-8-24-12(10-20)9-15(22)23/h1-6,12H,7-10H2,(H,22,23). The molecule has 0 saturated carbocycles. The van der Waals surface area contributed by atoms with Gasteiger partial charge in [-0.15, -0.1) is 13.2 Å². The van der Waals surface area contributed by atoms with Crippen LogP contribution in [0.5, 0.6) is 5.75 Å². The van der Waals surface area contributed by atoms with E-state index in [0.717, 1.165) is 12.1 Å². The molecule has 0 bridgehead atoms. The number of hydrogen-bond donors (Lipinski definition) is 1. The van der Waals surface area contributed by atoms with Crippen LogP contribution in [-0.2, 0) is 14.3 Å². The highest BCUT2D eigenvalue weighted by Gasteiger charge is 2.31. The van der Waals surface area contributed by atoms with Gasteiger partial charge in [-0.3, -0.25) is 9.59 Å². The first kappa shape index (κ1) is 18.8. The molecule has 1 aliphatic heterocycles. The highest BCUT2D eigenvalue weighted by atomic mass is 19.4. The highest BCUT2D eigenvalue weighted by Crippen LogP contribution is 2.27. The number of carbonyl (C=O) groups is 2. The summed E-state index contributed by atoms with van der Waals surface area (Å²) in [4.78, 5) is 24.3. The molecule has 1 unspecified atom stereocenters. The van der Waals surface area contributed by atoms with Crippen LogP contribution in [0.2, 0.25) is 0 Å². The lowest BCUT2D eigenvalue weighted by atomic mass is 10.1. The molecule has 1 atom stereocenters. The van der Waals surface area contributed by atoms with Crippen molar-refractivity contribution in [2.45, 2.75) is 18.9 Å². The molecule has 9 heteroatoms. The first-order chi connectivity index (χ1) is 11.7. The maximum absolute atomic E-state index is 12.4. The number of carbonyl (C=O) groups excluding carboxylic acids is 1. The number of ether oxygens (including phenoxy) is 2. The van der Waals surface area contributed by atoms with E-state index >= 15 is 0 Å². The molecule has 0 aliphatic carbocycles. The summed E-state index contributed by atoms with van der Waals surface area (Å²) in [7, 11) is 0. The van der Waals surface area contributed by atoms with Crippen LogP contribution in [0.4, 0.5) is 13.2 Å². The summed E-state index contributed by atoms with van der Waals surface area (Å²) >= 11 is 0. The number of benzene rings is 1. The van der Waals surface area contributed by atoms with E-state index in [9.17, 15) is 22.8 Å². The van der Waals surface area contributed by atoms with E-state index < -0.39 is 30.1 Å². The van der Waals surface area contributed by atoms with Crippen LogP contribution in [-0.4, -0.2) is 54.0 Å². The van der Waals surface area contributed by atoms with E-state index in [0.29, 0.717) is 0 Å². The maximum atomic E-state index is 12.4. The average Bonchev–Trinajstić information content (AvgIpc) is 2.52. The fraction of sp³-hybridized carbons (Fsp3) is 0.375. The first-order valence-electron chi connectivity index (χ1n) is 7.40. The van der Waals surface area contributed by atoms with Crippen molar-refractivity contribution in [3.63, 3.8) is 0 Å². The Kier molecular flexibility index (Phi) is 6.02. The number of carboxylic acid groups (broad SMARTS) is 1. The van der Waals surface area contributed by atoms with Crippen LogP contribution in [0.25, 0.3) is 6.08 Å². The van der Waals surface area contributed by atoms with Gasteiger partial charge in [0.25, 0.3) is 0 Å². The largest absolute Gasteiger partial charge is 0.573 e. The number of hydrogen-bond acceptors (Lipinski definition) is 4. The Morgan fingerprint density at radius 3 is 2.76 bits per heavy atom. The van der Waals surface area contributed by atoms with Gasteiger partial charge in [-0.25, -0.2) is 0 Å². The van der Waals surface area contributed by atoms with Crippen molar-refractivity contribution in [2.75, 3.05) is 19.7 Å². The van der Waals surface area contributed by atoms with E-state index in [-0.39, 0.29) is 31.7 Å². The number of carboxylic acids is 1. The van der Waals surface area contributed by atoms with E-state index in [4.69, 9.17) is 9.84 Å². The van der Waals surface area contributed by atoms with Crippen LogP contribution in [0, 0.1) is 0 Å². The number of aliphatic carboxylic acids is 1. The quantitative estimate of drug-likeness (QED) is 0.817. The molecule has 1 heterocycles. The molecular weight excluding hydrogens is 343 g/mol. The summed E-state index contributed by atoms with van der Waals surface area (Å²) in [5, 5.41) is 8.76. The Morgan fingerprint density at radius 2 is 2.08 bits per heavy atom. The zero-order valence-electron chi connectivity index (χ0n) is 13.0. The molecule has 0 spiro atoms. The molecule has 136 valence electrons. The van der Waals surface area contributed by atoms with Gasteiger partial charge in [0.05, 0.1) is 19.1 Å². The van der Waals surface area contributed by atoms with Gasteiger partial charge in [-0.1, -0.05) is 18.2 Å². The van der Waals surface area contributed by atoms with Crippen molar-refractivity contribution in [2.24, 2.45) is 0 Å². The van der Waals surface area contributed by atoms with Crippen LogP contribution in [0.1, 0.15) is 12.0 Å². The first-order valence-corrected chi connectivity index (χ1v) is 7.40. The number of rotatable bonds is 5. The number of nitrogens with zero attached hydrogens (tertiary/aromatic N) is 1. The molecule has 1 N–H and O–H groups in total. The number of morpholine rings is 1. The fourth-order valence-electron chi connectivity index (χ4n) is 2.34. The Bertz CT molecular complexity index is 659. The summed E-state index contributed by atoms with van der Waals surface area (Å²) in [6.07, 6.45) is -3.31. The Hall–Kier alpha value is -2.55. The van der Waals surface area contributed by atoms with Crippen LogP contribution >= 0.6 is 0 Å². The Balaban J connectivity index is 2.04. The van der Waals surface area contributed by atoms with Crippen molar-refractivity contribution in [1.82, 2.24) is 4.90 Å². The normalized spacial score (nSPS) is 18.4. The van der Waals surface area contributed by atoms with Gasteiger partial charge in [0.1, 0.15) is 5.75 Å². The lowest BCUT2D eigenvalue weighted by Gasteiger charge is -2.31. The Labute approximate surface area is 141 Å². The second-order valence-electron chi connectivity index (χ2n) is 5.29. The number of para-hydroxylation sites is 1. The Morgan fingerprint density at radius 1 is 1.36 bits per heavy atom. The second kappa shape index (κ2) is 8.02. The van der Waals surface area contributed by atoms with E-state index in [2.05, 4.69) is 4.74 Å². The number of alkyl halides is 3. The van der Waals surface area contributed by atoms with Gasteiger partial charge in [-0.2, -0.15) is 0 Å². The minimum Gasteiger partial charge on any atom is -0.481 e. The van der Waals surface area contributed by atoms with Crippen LogP contribution < -0.4 is 4.74 Å². The van der Waals surface area contributed by atoms with E-state index in [1.54, 1.807) is 0 Å². The lowest BCUT2D eigenvalue weighted by Crippen LogP contribution is -2.45. The summed E-state index contributed by atoms with van der Waals surface area (Å²) in [5.74, 6) is -1.89. The zero-order chi connectivity index (χ0) is 18.4. The van der Waals surface area contributed by atoms with Gasteiger partial charge in [0.2, 0.25) is 5.91 Å². The number of amides is 1. The number of halogens is 3. The minimum atomic E-state index is -4.83. The molecule has 1 amide bonds. The molecular formula is C16H16F3NO5. The van der Waals surface area contributed by atoms with Gasteiger partial charge in [-0.05, 0) is 12.1 Å². The molecule has 2 rings (SSSR count). The van der Waals surface area contributed by atoms with E-state index in [1.807, 2.05) is 0 Å². The van der Waals surface area contributed by atoms with Crippen molar-refractivity contribution < 1.29 is 37.3 Å². The van der Waals surface area contributed by atoms with Crippen molar-refractivity contribution in [3.05, 3.63) is 35.9 Å². The molecule has 1 aromatic carbocycles. The fourth-order valence-corrected chi connectivity index (χ4v) is 2.34. The molecule has 1 aromatic rings. The topological polar surface area (TPSA) is 76.1 Å².